The van der Waals surface area contributed by atoms with Crippen molar-refractivity contribution in [1.82, 2.24) is 5.32 Å². The predicted molar refractivity (Wildman–Crippen MR) is 72.2 cm³/mol. The number of carboxylic acid groups (broad SMARTS) is 1. The molecular weight excluding hydrogens is 250 g/mol. The van der Waals surface area contributed by atoms with Crippen molar-refractivity contribution >= 4 is 23.2 Å². The topological polar surface area (TPSA) is 66.4 Å². The van der Waals surface area contributed by atoms with E-state index in [1.165, 1.54) is 0 Å². The number of nitrogens with one attached hydrogen (secondary N) is 1. The molecule has 2 N–H and O–H groups in total. The lowest BCUT2D eigenvalue weighted by atomic mass is 9.98. The Bertz CT molecular complexity index is 463. The third-order valence-corrected chi connectivity index (χ3v) is 3.67. The van der Waals surface area contributed by atoms with Crippen molar-refractivity contribution in [1.29, 1.82) is 0 Å². The van der Waals surface area contributed by atoms with Crippen LogP contribution in [0.2, 0.25) is 0 Å². The largest absolute Gasteiger partial charge is 0.481 e. The highest BCUT2D eigenvalue weighted by Gasteiger charge is 2.23. The SMILES string of the molecule is Cc1cc(C(=O)NC(C)(C)CCC(=O)O)c(C)s1. The van der Waals surface area contributed by atoms with Crippen LogP contribution in [0.3, 0.4) is 0 Å². The third-order valence-electron chi connectivity index (χ3n) is 2.70. The number of carbonyl (C=O) groups is 2. The lowest BCUT2D eigenvalue weighted by molar-refractivity contribution is -0.137. The van der Waals surface area contributed by atoms with Gasteiger partial charge in [0, 0.05) is 21.7 Å². The van der Waals surface area contributed by atoms with Gasteiger partial charge in [0.1, 0.15) is 0 Å². The Morgan fingerprint density at radius 3 is 2.44 bits per heavy atom. The zero-order chi connectivity index (χ0) is 13.9. The highest BCUT2D eigenvalue weighted by molar-refractivity contribution is 7.12. The monoisotopic (exact) mass is 269 g/mol. The van der Waals surface area contributed by atoms with Crippen LogP contribution < -0.4 is 5.32 Å². The Kier molecular flexibility index (Phi) is 4.51. The lowest BCUT2D eigenvalue weighted by Gasteiger charge is -2.25. The minimum atomic E-state index is -0.847. The molecule has 0 atom stereocenters. The van der Waals surface area contributed by atoms with Crippen LogP contribution >= 0.6 is 11.3 Å². The summed E-state index contributed by atoms with van der Waals surface area (Å²) in [7, 11) is 0. The van der Waals surface area contributed by atoms with E-state index in [-0.39, 0.29) is 12.3 Å². The highest BCUT2D eigenvalue weighted by Crippen LogP contribution is 2.21. The second-order valence-electron chi connectivity index (χ2n) is 5.06. The van der Waals surface area contributed by atoms with Crippen LogP contribution in [0, 0.1) is 13.8 Å². The van der Waals surface area contributed by atoms with E-state index in [0.717, 1.165) is 9.75 Å². The van der Waals surface area contributed by atoms with Gasteiger partial charge in [0.15, 0.2) is 0 Å². The number of thiophene rings is 1. The first-order chi connectivity index (χ1) is 8.21. The standard InChI is InChI=1S/C13H19NO3S/c1-8-7-10(9(2)18-8)12(17)14-13(3,4)6-5-11(15)16/h7H,5-6H2,1-4H3,(H,14,17)(H,15,16). The second kappa shape index (κ2) is 5.52. The minimum absolute atomic E-state index is 0.0505. The van der Waals surface area contributed by atoms with E-state index in [4.69, 9.17) is 5.11 Å². The molecule has 1 heterocycles. The van der Waals surface area contributed by atoms with Gasteiger partial charge in [-0.25, -0.2) is 0 Å². The summed E-state index contributed by atoms with van der Waals surface area (Å²) in [6.45, 7) is 7.55. The fourth-order valence-corrected chi connectivity index (χ4v) is 2.63. The smallest absolute Gasteiger partial charge is 0.303 e. The van der Waals surface area contributed by atoms with Crippen LogP contribution in [-0.4, -0.2) is 22.5 Å². The maximum absolute atomic E-state index is 12.1. The first kappa shape index (κ1) is 14.7. The molecule has 0 unspecified atom stereocenters. The van der Waals surface area contributed by atoms with E-state index in [2.05, 4.69) is 5.32 Å². The van der Waals surface area contributed by atoms with Crippen LogP contribution in [0.4, 0.5) is 0 Å². The summed E-state index contributed by atoms with van der Waals surface area (Å²) < 4.78 is 0. The highest BCUT2D eigenvalue weighted by atomic mass is 32.1. The van der Waals surface area contributed by atoms with Gasteiger partial charge in [-0.1, -0.05) is 0 Å². The second-order valence-corrected chi connectivity index (χ2v) is 6.52. The Morgan fingerprint density at radius 1 is 1.39 bits per heavy atom. The summed E-state index contributed by atoms with van der Waals surface area (Å²) in [5, 5.41) is 11.6. The molecule has 1 amide bonds. The maximum Gasteiger partial charge on any atom is 0.303 e. The van der Waals surface area contributed by atoms with Crippen molar-refractivity contribution in [2.75, 3.05) is 0 Å². The first-order valence-electron chi connectivity index (χ1n) is 5.82. The van der Waals surface area contributed by atoms with Gasteiger partial charge in [-0.2, -0.15) is 0 Å². The van der Waals surface area contributed by atoms with Crippen LogP contribution in [-0.2, 0) is 4.79 Å². The number of carboxylic acids is 1. The molecule has 0 saturated carbocycles. The summed E-state index contributed by atoms with van der Waals surface area (Å²) in [4.78, 5) is 24.7. The van der Waals surface area contributed by atoms with Crippen molar-refractivity contribution in [2.24, 2.45) is 0 Å². The molecule has 5 heteroatoms. The normalized spacial score (nSPS) is 11.3. The van der Waals surface area contributed by atoms with Gasteiger partial charge in [-0.3, -0.25) is 9.59 Å². The molecule has 100 valence electrons. The summed E-state index contributed by atoms with van der Waals surface area (Å²) in [5.41, 5.74) is 0.165. The van der Waals surface area contributed by atoms with Crippen molar-refractivity contribution in [2.45, 2.75) is 46.1 Å². The number of rotatable bonds is 5. The zero-order valence-corrected chi connectivity index (χ0v) is 12.0. The first-order valence-corrected chi connectivity index (χ1v) is 6.64. The van der Waals surface area contributed by atoms with Gasteiger partial charge in [-0.15, -0.1) is 11.3 Å². The molecular formula is C13H19NO3S. The van der Waals surface area contributed by atoms with Gasteiger partial charge >= 0.3 is 5.97 Å². The van der Waals surface area contributed by atoms with Crippen LogP contribution in [0.25, 0.3) is 0 Å². The Balaban J connectivity index is 2.69. The van der Waals surface area contributed by atoms with Gasteiger partial charge < -0.3 is 10.4 Å². The number of carbonyl (C=O) groups excluding carboxylic acids is 1. The molecule has 18 heavy (non-hydrogen) atoms. The quantitative estimate of drug-likeness (QED) is 0.863. The molecule has 1 rings (SSSR count). The molecule has 0 aliphatic heterocycles. The molecule has 0 aliphatic rings. The van der Waals surface area contributed by atoms with Crippen molar-refractivity contribution in [3.8, 4) is 0 Å². The Morgan fingerprint density at radius 2 is 2.00 bits per heavy atom. The van der Waals surface area contributed by atoms with Crippen LogP contribution in [0.1, 0.15) is 46.8 Å². The van der Waals surface area contributed by atoms with E-state index in [9.17, 15) is 9.59 Å². The van der Waals surface area contributed by atoms with Crippen molar-refractivity contribution in [3.63, 3.8) is 0 Å². The molecule has 0 aliphatic carbocycles. The summed E-state index contributed by atoms with van der Waals surface area (Å²) in [5.74, 6) is -0.980. The molecule has 1 aromatic rings. The number of aliphatic carboxylic acids is 1. The van der Waals surface area contributed by atoms with Crippen LogP contribution in [0.15, 0.2) is 6.07 Å². The van der Waals surface area contributed by atoms with E-state index in [0.29, 0.717) is 12.0 Å². The number of aryl methyl sites for hydroxylation is 2. The van der Waals surface area contributed by atoms with E-state index in [1.807, 2.05) is 33.8 Å². The van der Waals surface area contributed by atoms with Gasteiger partial charge in [0.2, 0.25) is 0 Å². The molecule has 4 nitrogen and oxygen atoms in total. The fourth-order valence-electron chi connectivity index (χ4n) is 1.71. The molecule has 0 radical (unpaired) electrons. The molecule has 0 spiro atoms. The summed E-state index contributed by atoms with van der Waals surface area (Å²) in [6.07, 6.45) is 0.463. The Labute approximate surface area is 111 Å². The van der Waals surface area contributed by atoms with Gasteiger partial charge in [-0.05, 0) is 40.2 Å². The summed E-state index contributed by atoms with van der Waals surface area (Å²) >= 11 is 1.59. The fraction of sp³-hybridized carbons (Fsp3) is 0.538. The van der Waals surface area contributed by atoms with Crippen LogP contribution in [0.5, 0.6) is 0 Å². The number of amides is 1. The zero-order valence-electron chi connectivity index (χ0n) is 11.2. The Hall–Kier alpha value is -1.36. The molecule has 1 aromatic heterocycles. The summed E-state index contributed by atoms with van der Waals surface area (Å²) in [6, 6.07) is 1.86. The van der Waals surface area contributed by atoms with E-state index >= 15 is 0 Å². The van der Waals surface area contributed by atoms with Crippen molar-refractivity contribution < 1.29 is 14.7 Å². The molecule has 0 aromatic carbocycles. The van der Waals surface area contributed by atoms with E-state index in [1.54, 1.807) is 11.3 Å². The van der Waals surface area contributed by atoms with E-state index < -0.39 is 11.5 Å². The lowest BCUT2D eigenvalue weighted by Crippen LogP contribution is -2.43. The average Bonchev–Trinajstić information content (AvgIpc) is 2.54. The number of hydrogen-bond donors (Lipinski definition) is 2. The van der Waals surface area contributed by atoms with Crippen molar-refractivity contribution in [3.05, 3.63) is 21.4 Å². The average molecular weight is 269 g/mol. The maximum atomic E-state index is 12.1. The number of hydrogen-bond acceptors (Lipinski definition) is 3. The third kappa shape index (κ3) is 4.14. The minimum Gasteiger partial charge on any atom is -0.481 e. The van der Waals surface area contributed by atoms with Gasteiger partial charge in [0.25, 0.3) is 5.91 Å². The predicted octanol–water partition coefficient (Wildman–Crippen LogP) is 2.74. The molecule has 0 bridgehead atoms. The molecule has 0 fully saturated rings. The van der Waals surface area contributed by atoms with Gasteiger partial charge in [0.05, 0.1) is 5.56 Å². The molecule has 0 saturated heterocycles.